The highest BCUT2D eigenvalue weighted by Crippen LogP contribution is 2.34. The van der Waals surface area contributed by atoms with Crippen LogP contribution in [0.15, 0.2) is 0 Å². The fourth-order valence-electron chi connectivity index (χ4n) is 1.71. The zero-order valence-electron chi connectivity index (χ0n) is 10.6. The number of hydrogen-bond donors (Lipinski definition) is 2. The number of alkyl carbamates (subject to hydrolysis) is 1. The first-order valence-electron chi connectivity index (χ1n) is 5.46. The van der Waals surface area contributed by atoms with Crippen molar-refractivity contribution >= 4 is 12.1 Å². The van der Waals surface area contributed by atoms with Crippen LogP contribution in [0.25, 0.3) is 0 Å². The van der Waals surface area contributed by atoms with E-state index in [1.807, 2.05) is 0 Å². The van der Waals surface area contributed by atoms with Crippen LogP contribution in [0.1, 0.15) is 33.6 Å². The summed E-state index contributed by atoms with van der Waals surface area (Å²) in [7, 11) is 1.52. The highest BCUT2D eigenvalue weighted by atomic mass is 16.6. The molecule has 0 aromatic rings. The SMILES string of the molecule is COC1CC(NC(=O)OC(C)(C)C)(C(=O)O)C1. The number of nitrogens with one attached hydrogen (secondary N) is 1. The molecule has 1 rings (SSSR count). The highest BCUT2D eigenvalue weighted by Gasteiger charge is 2.52. The standard InChI is InChI=1S/C11H19NO5/c1-10(2,3)17-9(15)12-11(8(13)14)5-7(6-11)16-4/h7H,5-6H2,1-4H3,(H,12,15)(H,13,14). The van der Waals surface area contributed by atoms with Crippen molar-refractivity contribution in [2.24, 2.45) is 0 Å². The van der Waals surface area contributed by atoms with Gasteiger partial charge >= 0.3 is 12.1 Å². The Morgan fingerprint density at radius 3 is 2.24 bits per heavy atom. The lowest BCUT2D eigenvalue weighted by molar-refractivity contribution is -0.156. The number of carbonyl (C=O) groups excluding carboxylic acids is 1. The number of carbonyl (C=O) groups is 2. The van der Waals surface area contributed by atoms with Gasteiger partial charge in [-0.25, -0.2) is 9.59 Å². The average Bonchev–Trinajstić information content (AvgIpc) is 2.06. The lowest BCUT2D eigenvalue weighted by Gasteiger charge is -2.43. The van der Waals surface area contributed by atoms with Gasteiger partial charge in [-0.05, 0) is 20.8 Å². The number of carboxylic acid groups (broad SMARTS) is 1. The Hall–Kier alpha value is -1.30. The third-order valence-corrected chi connectivity index (χ3v) is 2.64. The van der Waals surface area contributed by atoms with Crippen molar-refractivity contribution in [3.63, 3.8) is 0 Å². The molecule has 0 heterocycles. The molecule has 1 aliphatic rings. The van der Waals surface area contributed by atoms with Gasteiger partial charge < -0.3 is 19.9 Å². The number of amides is 1. The fourth-order valence-corrected chi connectivity index (χ4v) is 1.71. The predicted octanol–water partition coefficient (Wildman–Crippen LogP) is 1.14. The van der Waals surface area contributed by atoms with Gasteiger partial charge in [0.2, 0.25) is 0 Å². The van der Waals surface area contributed by atoms with Crippen molar-refractivity contribution in [2.45, 2.75) is 50.9 Å². The molecule has 0 radical (unpaired) electrons. The van der Waals surface area contributed by atoms with Crippen molar-refractivity contribution < 1.29 is 24.2 Å². The molecule has 1 amide bonds. The Morgan fingerprint density at radius 1 is 1.35 bits per heavy atom. The predicted molar refractivity (Wildman–Crippen MR) is 59.8 cm³/mol. The second kappa shape index (κ2) is 4.52. The van der Waals surface area contributed by atoms with Crippen LogP contribution in [0, 0.1) is 0 Å². The summed E-state index contributed by atoms with van der Waals surface area (Å²) < 4.78 is 10.1. The normalized spacial score (nSPS) is 28.1. The molecule has 6 heteroatoms. The summed E-state index contributed by atoms with van der Waals surface area (Å²) in [5.74, 6) is -1.06. The van der Waals surface area contributed by atoms with Crippen LogP contribution in [-0.4, -0.2) is 41.5 Å². The van der Waals surface area contributed by atoms with E-state index in [2.05, 4.69) is 5.32 Å². The molecule has 6 nitrogen and oxygen atoms in total. The van der Waals surface area contributed by atoms with Gasteiger partial charge in [-0.1, -0.05) is 0 Å². The number of aliphatic carboxylic acids is 1. The van der Waals surface area contributed by atoms with Gasteiger partial charge in [0.15, 0.2) is 0 Å². The molecular formula is C11H19NO5. The highest BCUT2D eigenvalue weighted by molar-refractivity contribution is 5.85. The summed E-state index contributed by atoms with van der Waals surface area (Å²) in [4.78, 5) is 22.7. The maximum absolute atomic E-state index is 11.5. The Morgan fingerprint density at radius 2 is 1.88 bits per heavy atom. The van der Waals surface area contributed by atoms with Gasteiger partial charge in [-0.2, -0.15) is 0 Å². The summed E-state index contributed by atoms with van der Waals surface area (Å²) in [6.45, 7) is 5.16. The first-order chi connectivity index (χ1) is 7.68. The van der Waals surface area contributed by atoms with Crippen LogP contribution in [0.5, 0.6) is 0 Å². The number of hydrogen-bond acceptors (Lipinski definition) is 4. The first-order valence-corrected chi connectivity index (χ1v) is 5.46. The van der Waals surface area contributed by atoms with E-state index in [0.717, 1.165) is 0 Å². The summed E-state index contributed by atoms with van der Waals surface area (Å²) >= 11 is 0. The number of rotatable bonds is 3. The number of carboxylic acids is 1. The van der Waals surface area contributed by atoms with Crippen molar-refractivity contribution in [2.75, 3.05) is 7.11 Å². The zero-order chi connectivity index (χ0) is 13.3. The number of methoxy groups -OCH3 is 1. The molecule has 17 heavy (non-hydrogen) atoms. The maximum atomic E-state index is 11.5. The molecule has 0 aliphatic heterocycles. The minimum Gasteiger partial charge on any atom is -0.479 e. The van der Waals surface area contributed by atoms with E-state index >= 15 is 0 Å². The molecule has 0 saturated heterocycles. The van der Waals surface area contributed by atoms with Crippen LogP contribution in [0.3, 0.4) is 0 Å². The van der Waals surface area contributed by atoms with Gasteiger partial charge in [0.05, 0.1) is 6.10 Å². The van der Waals surface area contributed by atoms with Crippen molar-refractivity contribution in [3.05, 3.63) is 0 Å². The Bertz CT molecular complexity index is 314. The summed E-state index contributed by atoms with van der Waals surface area (Å²) in [5.41, 5.74) is -1.89. The molecule has 0 unspecified atom stereocenters. The molecule has 1 saturated carbocycles. The molecular weight excluding hydrogens is 226 g/mol. The smallest absolute Gasteiger partial charge is 0.408 e. The lowest BCUT2D eigenvalue weighted by atomic mass is 9.74. The van der Waals surface area contributed by atoms with E-state index in [1.165, 1.54) is 7.11 Å². The molecule has 2 N–H and O–H groups in total. The fraction of sp³-hybridized carbons (Fsp3) is 0.818. The maximum Gasteiger partial charge on any atom is 0.408 e. The van der Waals surface area contributed by atoms with E-state index in [0.29, 0.717) is 0 Å². The molecule has 0 aromatic carbocycles. The van der Waals surface area contributed by atoms with Crippen molar-refractivity contribution in [1.82, 2.24) is 5.32 Å². The third kappa shape index (κ3) is 3.33. The number of ether oxygens (including phenoxy) is 2. The summed E-state index contributed by atoms with van der Waals surface area (Å²) in [5, 5.41) is 11.5. The van der Waals surface area contributed by atoms with Gasteiger partial charge in [-0.15, -0.1) is 0 Å². The first kappa shape index (κ1) is 13.8. The Balaban J connectivity index is 2.58. The molecule has 1 aliphatic carbocycles. The molecule has 1 fully saturated rings. The molecule has 0 atom stereocenters. The minimum absolute atomic E-state index is 0.124. The van der Waals surface area contributed by atoms with Gasteiger partial charge in [0.1, 0.15) is 11.1 Å². The molecule has 0 aromatic heterocycles. The summed E-state index contributed by atoms with van der Waals surface area (Å²) in [6, 6.07) is 0. The topological polar surface area (TPSA) is 84.9 Å². The van der Waals surface area contributed by atoms with E-state index in [1.54, 1.807) is 20.8 Å². The quantitative estimate of drug-likeness (QED) is 0.779. The van der Waals surface area contributed by atoms with E-state index in [-0.39, 0.29) is 18.9 Å². The van der Waals surface area contributed by atoms with Gasteiger partial charge in [0.25, 0.3) is 0 Å². The van der Waals surface area contributed by atoms with Crippen molar-refractivity contribution in [3.8, 4) is 0 Å². The summed E-state index contributed by atoms with van der Waals surface area (Å²) in [6.07, 6.45) is -0.314. The zero-order valence-corrected chi connectivity index (χ0v) is 10.6. The van der Waals surface area contributed by atoms with Crippen LogP contribution >= 0.6 is 0 Å². The van der Waals surface area contributed by atoms with E-state index in [4.69, 9.17) is 14.6 Å². The molecule has 98 valence electrons. The Labute approximate surface area is 100 Å². The minimum atomic E-state index is -1.25. The van der Waals surface area contributed by atoms with E-state index < -0.39 is 23.2 Å². The molecule has 0 bridgehead atoms. The van der Waals surface area contributed by atoms with Crippen LogP contribution in [0.4, 0.5) is 4.79 Å². The Kier molecular flexibility index (Phi) is 3.66. The monoisotopic (exact) mass is 245 g/mol. The van der Waals surface area contributed by atoms with Crippen molar-refractivity contribution in [1.29, 1.82) is 0 Å². The van der Waals surface area contributed by atoms with Crippen LogP contribution < -0.4 is 5.32 Å². The average molecular weight is 245 g/mol. The second-order valence-corrected chi connectivity index (χ2v) is 5.28. The molecule has 0 spiro atoms. The van der Waals surface area contributed by atoms with Crippen LogP contribution in [-0.2, 0) is 14.3 Å². The third-order valence-electron chi connectivity index (χ3n) is 2.64. The largest absolute Gasteiger partial charge is 0.479 e. The van der Waals surface area contributed by atoms with Crippen LogP contribution in [0.2, 0.25) is 0 Å². The van der Waals surface area contributed by atoms with Gasteiger partial charge in [-0.3, -0.25) is 0 Å². The van der Waals surface area contributed by atoms with Gasteiger partial charge in [0, 0.05) is 20.0 Å². The second-order valence-electron chi connectivity index (χ2n) is 5.28. The lowest BCUT2D eigenvalue weighted by Crippen LogP contribution is -2.65. The van der Waals surface area contributed by atoms with E-state index in [9.17, 15) is 9.59 Å².